The van der Waals surface area contributed by atoms with Gasteiger partial charge in [-0.15, -0.1) is 0 Å². The molecule has 1 aromatic heterocycles. The largest absolute Gasteiger partial charge is 0.495 e. The van der Waals surface area contributed by atoms with Gasteiger partial charge < -0.3 is 24.5 Å². The summed E-state index contributed by atoms with van der Waals surface area (Å²) >= 11 is 0. The lowest BCUT2D eigenvalue weighted by molar-refractivity contribution is 0.102. The summed E-state index contributed by atoms with van der Waals surface area (Å²) in [7, 11) is 4.71. The van der Waals surface area contributed by atoms with E-state index in [1.807, 2.05) is 18.2 Å². The molecule has 2 N–H and O–H groups in total. The molecule has 0 aliphatic rings. The van der Waals surface area contributed by atoms with Crippen LogP contribution in [0.1, 0.15) is 10.5 Å². The van der Waals surface area contributed by atoms with Crippen LogP contribution in [0.25, 0.3) is 10.9 Å². The summed E-state index contributed by atoms with van der Waals surface area (Å²) in [6.45, 7) is 0. The topological polar surface area (TPSA) is 72.6 Å². The van der Waals surface area contributed by atoms with Gasteiger partial charge in [0.05, 0.1) is 27.0 Å². The van der Waals surface area contributed by atoms with Crippen LogP contribution in [0.5, 0.6) is 17.2 Å². The van der Waals surface area contributed by atoms with Gasteiger partial charge in [0.25, 0.3) is 5.91 Å². The minimum Gasteiger partial charge on any atom is -0.495 e. The van der Waals surface area contributed by atoms with Crippen LogP contribution in [-0.2, 0) is 0 Å². The predicted octanol–water partition coefficient (Wildman–Crippen LogP) is 3.45. The zero-order chi connectivity index (χ0) is 17.1. The molecule has 0 unspecified atom stereocenters. The van der Waals surface area contributed by atoms with Crippen LogP contribution in [0.4, 0.5) is 5.69 Å². The van der Waals surface area contributed by atoms with E-state index in [0.717, 1.165) is 10.9 Å². The molecule has 0 saturated heterocycles. The number of carbonyl (C=O) groups excluding carboxylic acids is 1. The number of rotatable bonds is 5. The molecular formula is C18H18N2O4. The molecule has 1 amide bonds. The summed E-state index contributed by atoms with van der Waals surface area (Å²) in [6.07, 6.45) is 0. The van der Waals surface area contributed by atoms with E-state index in [1.54, 1.807) is 45.6 Å². The molecule has 3 aromatic rings. The lowest BCUT2D eigenvalue weighted by Gasteiger charge is -2.08. The van der Waals surface area contributed by atoms with Gasteiger partial charge in [0, 0.05) is 17.0 Å². The van der Waals surface area contributed by atoms with E-state index in [0.29, 0.717) is 28.6 Å². The second-order valence-corrected chi connectivity index (χ2v) is 5.13. The van der Waals surface area contributed by atoms with E-state index >= 15 is 0 Å². The average Bonchev–Trinajstić information content (AvgIpc) is 3.03. The number of hydrogen-bond acceptors (Lipinski definition) is 4. The maximum absolute atomic E-state index is 12.5. The number of aromatic amines is 1. The minimum absolute atomic E-state index is 0.256. The van der Waals surface area contributed by atoms with Crippen molar-refractivity contribution in [3.05, 3.63) is 48.2 Å². The van der Waals surface area contributed by atoms with Crippen LogP contribution in [0.2, 0.25) is 0 Å². The molecule has 0 saturated carbocycles. The van der Waals surface area contributed by atoms with Gasteiger partial charge in [0.1, 0.15) is 11.4 Å². The molecule has 0 spiro atoms. The summed E-state index contributed by atoms with van der Waals surface area (Å²) in [5.74, 6) is 1.56. The maximum Gasteiger partial charge on any atom is 0.272 e. The Labute approximate surface area is 139 Å². The quantitative estimate of drug-likeness (QED) is 0.753. The average molecular weight is 326 g/mol. The van der Waals surface area contributed by atoms with Crippen molar-refractivity contribution in [1.82, 2.24) is 4.98 Å². The summed E-state index contributed by atoms with van der Waals surface area (Å²) in [5.41, 5.74) is 1.84. The van der Waals surface area contributed by atoms with Gasteiger partial charge in [-0.25, -0.2) is 0 Å². The fourth-order valence-electron chi connectivity index (χ4n) is 2.52. The number of anilines is 1. The number of fused-ring (bicyclic) bond motifs is 1. The third-order valence-electron chi connectivity index (χ3n) is 3.72. The van der Waals surface area contributed by atoms with Gasteiger partial charge >= 0.3 is 0 Å². The number of amides is 1. The summed E-state index contributed by atoms with van der Waals surface area (Å²) < 4.78 is 15.8. The molecule has 124 valence electrons. The lowest BCUT2D eigenvalue weighted by Crippen LogP contribution is -2.12. The van der Waals surface area contributed by atoms with Crippen molar-refractivity contribution in [2.45, 2.75) is 0 Å². The molecule has 6 heteroatoms. The van der Waals surface area contributed by atoms with Crippen molar-refractivity contribution < 1.29 is 19.0 Å². The Hall–Kier alpha value is -3.15. The van der Waals surface area contributed by atoms with Crippen molar-refractivity contribution in [3.8, 4) is 17.2 Å². The second kappa shape index (κ2) is 6.54. The van der Waals surface area contributed by atoms with Crippen LogP contribution in [0.15, 0.2) is 42.5 Å². The molecule has 3 rings (SSSR count). The third kappa shape index (κ3) is 2.86. The molecule has 24 heavy (non-hydrogen) atoms. The Morgan fingerprint density at radius 1 is 0.917 bits per heavy atom. The maximum atomic E-state index is 12.5. The first-order valence-electron chi connectivity index (χ1n) is 7.35. The van der Waals surface area contributed by atoms with Crippen LogP contribution in [0, 0.1) is 0 Å². The number of benzene rings is 2. The lowest BCUT2D eigenvalue weighted by atomic mass is 10.2. The van der Waals surface area contributed by atoms with Gasteiger partial charge in [-0.3, -0.25) is 4.79 Å². The van der Waals surface area contributed by atoms with Gasteiger partial charge in [-0.05, 0) is 24.3 Å². The Kier molecular flexibility index (Phi) is 4.29. The van der Waals surface area contributed by atoms with Crippen molar-refractivity contribution in [1.29, 1.82) is 0 Å². The standard InChI is InChI=1S/C18H18N2O4/c1-22-15-7-5-4-6-12(15)20-18(21)14-8-11-9-16(23-2)17(24-3)10-13(11)19-14/h4-10,19H,1-3H3,(H,20,21). The molecule has 0 bridgehead atoms. The van der Waals surface area contributed by atoms with Crippen LogP contribution >= 0.6 is 0 Å². The normalized spacial score (nSPS) is 10.5. The number of aromatic nitrogens is 1. The van der Waals surface area contributed by atoms with Crippen LogP contribution in [-0.4, -0.2) is 32.2 Å². The second-order valence-electron chi connectivity index (χ2n) is 5.13. The van der Waals surface area contributed by atoms with E-state index < -0.39 is 0 Å². The predicted molar refractivity (Wildman–Crippen MR) is 92.3 cm³/mol. The molecule has 6 nitrogen and oxygen atoms in total. The van der Waals surface area contributed by atoms with Crippen molar-refractivity contribution in [2.24, 2.45) is 0 Å². The summed E-state index contributed by atoms with van der Waals surface area (Å²) in [6, 6.07) is 12.6. The van der Waals surface area contributed by atoms with E-state index in [9.17, 15) is 4.79 Å². The summed E-state index contributed by atoms with van der Waals surface area (Å²) in [5, 5.41) is 3.70. The Balaban J connectivity index is 1.92. The molecule has 0 atom stereocenters. The molecular weight excluding hydrogens is 308 g/mol. The monoisotopic (exact) mass is 326 g/mol. The van der Waals surface area contributed by atoms with E-state index in [1.165, 1.54) is 0 Å². The Morgan fingerprint density at radius 2 is 1.58 bits per heavy atom. The number of ether oxygens (including phenoxy) is 3. The van der Waals surface area contributed by atoms with Crippen LogP contribution < -0.4 is 19.5 Å². The van der Waals surface area contributed by atoms with E-state index in [4.69, 9.17) is 14.2 Å². The number of para-hydroxylation sites is 2. The first-order valence-corrected chi connectivity index (χ1v) is 7.35. The molecule has 1 heterocycles. The number of methoxy groups -OCH3 is 3. The van der Waals surface area contributed by atoms with Crippen molar-refractivity contribution in [2.75, 3.05) is 26.6 Å². The summed E-state index contributed by atoms with van der Waals surface area (Å²) in [4.78, 5) is 15.6. The Bertz CT molecular complexity index is 845. The fraction of sp³-hybridized carbons (Fsp3) is 0.167. The zero-order valence-corrected chi connectivity index (χ0v) is 13.7. The number of H-pyrrole nitrogens is 1. The Morgan fingerprint density at radius 3 is 2.29 bits per heavy atom. The molecule has 0 aliphatic heterocycles. The smallest absolute Gasteiger partial charge is 0.272 e. The SMILES string of the molecule is COc1ccccc1NC(=O)c1cc2cc(OC)c(OC)cc2[nH]1. The van der Waals surface area contributed by atoms with Gasteiger partial charge in [-0.2, -0.15) is 0 Å². The molecule has 0 fully saturated rings. The fourth-order valence-corrected chi connectivity index (χ4v) is 2.52. The number of nitrogens with one attached hydrogen (secondary N) is 2. The van der Waals surface area contributed by atoms with Crippen molar-refractivity contribution in [3.63, 3.8) is 0 Å². The van der Waals surface area contributed by atoms with Gasteiger partial charge in [0.15, 0.2) is 11.5 Å². The highest BCUT2D eigenvalue weighted by molar-refractivity contribution is 6.06. The zero-order valence-electron chi connectivity index (χ0n) is 13.7. The third-order valence-corrected chi connectivity index (χ3v) is 3.72. The number of carbonyl (C=O) groups is 1. The minimum atomic E-state index is -0.256. The van der Waals surface area contributed by atoms with Crippen molar-refractivity contribution >= 4 is 22.5 Å². The first kappa shape index (κ1) is 15.7. The van der Waals surface area contributed by atoms with Gasteiger partial charge in [0.2, 0.25) is 0 Å². The first-order chi connectivity index (χ1) is 11.7. The highest BCUT2D eigenvalue weighted by Crippen LogP contribution is 2.32. The van der Waals surface area contributed by atoms with Gasteiger partial charge in [-0.1, -0.05) is 12.1 Å². The van der Waals surface area contributed by atoms with E-state index in [2.05, 4.69) is 10.3 Å². The molecule has 2 aromatic carbocycles. The number of hydrogen-bond donors (Lipinski definition) is 2. The molecule has 0 aliphatic carbocycles. The molecule has 0 radical (unpaired) electrons. The van der Waals surface area contributed by atoms with E-state index in [-0.39, 0.29) is 5.91 Å². The highest BCUT2D eigenvalue weighted by Gasteiger charge is 2.14. The highest BCUT2D eigenvalue weighted by atomic mass is 16.5. The van der Waals surface area contributed by atoms with Crippen LogP contribution in [0.3, 0.4) is 0 Å².